The van der Waals surface area contributed by atoms with Crippen LogP contribution in [0.3, 0.4) is 0 Å². The van der Waals surface area contributed by atoms with Crippen LogP contribution in [0, 0.1) is 29.1 Å². The number of halogens is 1. The van der Waals surface area contributed by atoms with Crippen molar-refractivity contribution in [2.45, 2.75) is 63.2 Å². The van der Waals surface area contributed by atoms with Crippen LogP contribution < -0.4 is 5.32 Å². The van der Waals surface area contributed by atoms with E-state index in [9.17, 15) is 15.0 Å². The largest absolute Gasteiger partial charge is 0.465 e. The molecule has 3 aromatic heterocycles. The van der Waals surface area contributed by atoms with Crippen molar-refractivity contribution in [2.75, 3.05) is 19.0 Å². The summed E-state index contributed by atoms with van der Waals surface area (Å²) in [4.78, 5) is 27.6. The Morgan fingerprint density at radius 2 is 2.08 bits per heavy atom. The summed E-state index contributed by atoms with van der Waals surface area (Å²) < 4.78 is 8.07. The number of hydrogen-bond acceptors (Lipinski definition) is 9. The molecule has 11 heteroatoms. The molecule has 6 rings (SSSR count). The van der Waals surface area contributed by atoms with Gasteiger partial charge < -0.3 is 24.8 Å². The van der Waals surface area contributed by atoms with Crippen molar-refractivity contribution in [1.29, 1.82) is 0 Å². The van der Waals surface area contributed by atoms with Gasteiger partial charge in [-0.25, -0.2) is 15.0 Å². The second-order valence-corrected chi connectivity index (χ2v) is 12.2. The average Bonchev–Trinajstić information content (AvgIpc) is 3.17. The van der Waals surface area contributed by atoms with Gasteiger partial charge in [0.1, 0.15) is 11.5 Å². The van der Waals surface area contributed by atoms with Crippen LogP contribution in [-0.2, 0) is 9.53 Å². The van der Waals surface area contributed by atoms with Gasteiger partial charge in [0.15, 0.2) is 17.0 Å². The lowest BCUT2D eigenvalue weighted by molar-refractivity contribution is -0.157. The number of thiophene rings is 1. The first-order valence-electron chi connectivity index (χ1n) is 13.2. The lowest BCUT2D eigenvalue weighted by Gasteiger charge is -2.24. The number of aliphatic hydroxyl groups is 2. The van der Waals surface area contributed by atoms with Gasteiger partial charge in [-0.2, -0.15) is 0 Å². The van der Waals surface area contributed by atoms with Crippen LogP contribution in [0.5, 0.6) is 0 Å². The summed E-state index contributed by atoms with van der Waals surface area (Å²) >= 11 is 7.37. The topological polar surface area (TPSA) is 122 Å². The van der Waals surface area contributed by atoms with Crippen LogP contribution in [0.2, 0.25) is 4.34 Å². The molecule has 3 aromatic rings. The normalized spacial score (nSPS) is 28.5. The first-order chi connectivity index (χ1) is 18.4. The summed E-state index contributed by atoms with van der Waals surface area (Å²) in [6.07, 6.45) is 6.65. The first-order valence-corrected chi connectivity index (χ1v) is 14.3. The van der Waals surface area contributed by atoms with Crippen molar-refractivity contribution in [3.8, 4) is 11.8 Å². The average molecular weight is 556 g/mol. The minimum Gasteiger partial charge on any atom is -0.465 e. The van der Waals surface area contributed by atoms with Crippen molar-refractivity contribution in [3.05, 3.63) is 33.5 Å². The Hall–Kier alpha value is -2.71. The summed E-state index contributed by atoms with van der Waals surface area (Å²) in [6.45, 7) is 0.357. The summed E-state index contributed by atoms with van der Waals surface area (Å²) in [7, 11) is 1.74. The molecule has 0 spiro atoms. The van der Waals surface area contributed by atoms with Gasteiger partial charge in [0.2, 0.25) is 5.82 Å². The summed E-state index contributed by atoms with van der Waals surface area (Å²) in [5, 5.41) is 25.1. The second-order valence-electron chi connectivity index (χ2n) is 10.5. The fourth-order valence-corrected chi connectivity index (χ4v) is 7.20. The van der Waals surface area contributed by atoms with Gasteiger partial charge in [-0.05, 0) is 42.7 Å². The zero-order valence-corrected chi connectivity index (χ0v) is 22.6. The zero-order valence-electron chi connectivity index (χ0n) is 21.1. The lowest BCUT2D eigenvalue weighted by atomic mass is 9.87. The van der Waals surface area contributed by atoms with E-state index in [4.69, 9.17) is 16.3 Å². The van der Waals surface area contributed by atoms with E-state index in [2.05, 4.69) is 32.1 Å². The third-order valence-corrected chi connectivity index (χ3v) is 9.53. The Labute approximate surface area is 229 Å². The predicted octanol–water partition coefficient (Wildman–Crippen LogP) is 3.78. The molecule has 3 aliphatic carbocycles. The number of hydrogen-bond donors (Lipinski definition) is 3. The molecule has 3 heterocycles. The number of rotatable bonds is 6. The summed E-state index contributed by atoms with van der Waals surface area (Å²) in [6, 6.07) is 3.04. The van der Waals surface area contributed by atoms with Gasteiger partial charge in [-0.1, -0.05) is 43.7 Å². The molecule has 0 bridgehead atoms. The van der Waals surface area contributed by atoms with Crippen LogP contribution in [-0.4, -0.2) is 61.6 Å². The first kappa shape index (κ1) is 25.6. The van der Waals surface area contributed by atoms with Crippen molar-refractivity contribution in [2.24, 2.45) is 17.3 Å². The molecule has 3 saturated carbocycles. The molecular formula is C27H30ClN5O4S. The second kappa shape index (κ2) is 10.1. The highest BCUT2D eigenvalue weighted by atomic mass is 35.5. The third kappa shape index (κ3) is 4.35. The standard InChI is InChI=1S/C27H30ClN5O4S/c1-29-24-20-25(32-19(31-24)10-8-16-7-9-18(28)38-16)33(14-30-20)21-17-13-27(17,23(35)22(21)34)26(36)37-12-11-15-5-3-2-4-6-15/h7,9,14-15,17,21-23,34-35H,2-6,11-13H2,1H3,(H,29,31,32)/t17-,21-,22+,23+,27-/m1/s1. The van der Waals surface area contributed by atoms with Gasteiger partial charge in [0.25, 0.3) is 0 Å². The molecule has 3 fully saturated rings. The van der Waals surface area contributed by atoms with E-state index in [0.717, 1.165) is 11.3 Å². The molecule has 9 nitrogen and oxygen atoms in total. The fraction of sp³-hybridized carbons (Fsp3) is 0.556. The number of imidazole rings is 1. The number of aliphatic hydroxyl groups excluding tert-OH is 2. The number of anilines is 1. The van der Waals surface area contributed by atoms with E-state index < -0.39 is 29.6 Å². The highest BCUT2D eigenvalue weighted by Crippen LogP contribution is 2.68. The number of esters is 1. The maximum Gasteiger partial charge on any atom is 0.315 e. The van der Waals surface area contributed by atoms with E-state index in [1.807, 2.05) is 6.07 Å². The van der Waals surface area contributed by atoms with E-state index in [0.29, 0.717) is 40.3 Å². The molecule has 0 amide bonds. The van der Waals surface area contributed by atoms with Gasteiger partial charge in [0, 0.05) is 13.0 Å². The smallest absolute Gasteiger partial charge is 0.315 e. The van der Waals surface area contributed by atoms with E-state index in [-0.39, 0.29) is 11.7 Å². The Bertz CT molecular complexity index is 1420. The van der Waals surface area contributed by atoms with Crippen molar-refractivity contribution >= 4 is 45.9 Å². The molecule has 3 N–H and O–H groups in total. The van der Waals surface area contributed by atoms with Gasteiger partial charge in [0.05, 0.1) is 34.3 Å². The van der Waals surface area contributed by atoms with Crippen LogP contribution in [0.1, 0.15) is 61.7 Å². The Morgan fingerprint density at radius 3 is 2.82 bits per heavy atom. The molecule has 5 atom stereocenters. The van der Waals surface area contributed by atoms with Gasteiger partial charge in [-0.3, -0.25) is 4.79 Å². The summed E-state index contributed by atoms with van der Waals surface area (Å²) in [5.74, 6) is 6.70. The Balaban J connectivity index is 1.24. The highest BCUT2D eigenvalue weighted by Gasteiger charge is 2.76. The van der Waals surface area contributed by atoms with Crippen molar-refractivity contribution in [1.82, 2.24) is 19.5 Å². The minimum atomic E-state index is -1.22. The number of carbonyl (C=O) groups excluding carboxylic acids is 1. The maximum absolute atomic E-state index is 13.2. The number of nitrogens with one attached hydrogen (secondary N) is 1. The number of aromatic nitrogens is 4. The molecular weight excluding hydrogens is 526 g/mol. The summed E-state index contributed by atoms with van der Waals surface area (Å²) in [5.41, 5.74) is -0.0951. The van der Waals surface area contributed by atoms with E-state index in [1.165, 1.54) is 43.4 Å². The monoisotopic (exact) mass is 555 g/mol. The quantitative estimate of drug-likeness (QED) is 0.310. The lowest BCUT2D eigenvalue weighted by Crippen LogP contribution is -2.38. The van der Waals surface area contributed by atoms with Crippen molar-refractivity contribution in [3.63, 3.8) is 0 Å². The predicted molar refractivity (Wildman–Crippen MR) is 144 cm³/mol. The highest BCUT2D eigenvalue weighted by molar-refractivity contribution is 7.16. The molecule has 200 valence electrons. The van der Waals surface area contributed by atoms with Gasteiger partial charge >= 0.3 is 5.97 Å². The molecule has 3 aliphatic rings. The number of nitrogens with zero attached hydrogens (tertiary/aromatic N) is 4. The maximum atomic E-state index is 13.2. The molecule has 38 heavy (non-hydrogen) atoms. The van der Waals surface area contributed by atoms with Crippen LogP contribution in [0.4, 0.5) is 5.82 Å². The van der Waals surface area contributed by atoms with Crippen LogP contribution in [0.25, 0.3) is 11.2 Å². The van der Waals surface area contributed by atoms with Crippen LogP contribution in [0.15, 0.2) is 18.5 Å². The number of fused-ring (bicyclic) bond motifs is 2. The molecule has 0 radical (unpaired) electrons. The van der Waals surface area contributed by atoms with Crippen molar-refractivity contribution < 1.29 is 19.7 Å². The van der Waals surface area contributed by atoms with E-state index >= 15 is 0 Å². The number of ether oxygens (including phenoxy) is 1. The number of carbonyl (C=O) groups is 1. The molecule has 0 unspecified atom stereocenters. The van der Waals surface area contributed by atoms with E-state index in [1.54, 1.807) is 24.0 Å². The third-order valence-electron chi connectivity index (χ3n) is 8.39. The minimum absolute atomic E-state index is 0.275. The molecule has 0 saturated heterocycles. The fourth-order valence-electron chi connectivity index (χ4n) is 6.31. The molecule has 0 aliphatic heterocycles. The SMILES string of the molecule is CNc1nc(C#Cc2ccc(Cl)s2)nc2c1ncn2[C@H]1[C@H](O)[C@H](O)[C@@]2(C(=O)OCCC3CCCCC3)C[C@H]12. The van der Waals surface area contributed by atoms with Gasteiger partial charge in [-0.15, -0.1) is 11.3 Å². The molecule has 0 aromatic carbocycles. The zero-order chi connectivity index (χ0) is 26.4. The van der Waals surface area contributed by atoms with Crippen LogP contribution >= 0.6 is 22.9 Å². The Kier molecular flexibility index (Phi) is 6.80. The Morgan fingerprint density at radius 1 is 1.26 bits per heavy atom.